The maximum Gasteiger partial charge on any atom is 0.409 e. The summed E-state index contributed by atoms with van der Waals surface area (Å²) in [4.78, 5) is 23.6. The molecule has 0 aliphatic rings. The lowest BCUT2D eigenvalue weighted by molar-refractivity contribution is 0.0574. The fraction of sp³-hybridized carbons (Fsp3) is 0.333. The second-order valence-corrected chi connectivity index (χ2v) is 6.34. The Morgan fingerprint density at radius 1 is 1.17 bits per heavy atom. The van der Waals surface area contributed by atoms with E-state index in [1.165, 1.54) is 6.07 Å². The Labute approximate surface area is 168 Å². The summed E-state index contributed by atoms with van der Waals surface area (Å²) in [7, 11) is 0. The predicted molar refractivity (Wildman–Crippen MR) is 106 cm³/mol. The minimum atomic E-state index is -1.59. The highest BCUT2D eigenvalue weighted by Gasteiger charge is 2.21. The lowest BCUT2D eigenvalue weighted by atomic mass is 10.1. The first-order chi connectivity index (χ1) is 13.9. The van der Waals surface area contributed by atoms with Gasteiger partial charge >= 0.3 is 6.09 Å². The number of benzene rings is 2. The van der Waals surface area contributed by atoms with E-state index in [1.54, 1.807) is 19.1 Å². The molecule has 2 amide bonds. The van der Waals surface area contributed by atoms with Crippen molar-refractivity contribution in [1.29, 1.82) is 0 Å². The van der Waals surface area contributed by atoms with E-state index in [4.69, 9.17) is 20.3 Å². The third kappa shape index (κ3) is 6.67. The maximum atomic E-state index is 13.9. The van der Waals surface area contributed by atoms with Crippen LogP contribution in [0.2, 0.25) is 0 Å². The molecule has 2 rings (SSSR count). The SMILES string of the molecule is CCCC(F)N(CCOc1ccc(OCc2ccccc2)c(C(N)=O)c1)C(=O)O. The molecule has 7 nitrogen and oxygen atoms in total. The summed E-state index contributed by atoms with van der Waals surface area (Å²) in [5.41, 5.74) is 6.51. The fourth-order valence-corrected chi connectivity index (χ4v) is 2.66. The first kappa shape index (κ1) is 22.0. The molecular formula is C21H25FN2O5. The summed E-state index contributed by atoms with van der Waals surface area (Å²) >= 11 is 0. The average molecular weight is 404 g/mol. The van der Waals surface area contributed by atoms with Crippen molar-refractivity contribution in [3.8, 4) is 11.5 Å². The van der Waals surface area contributed by atoms with Gasteiger partial charge in [0.2, 0.25) is 0 Å². The van der Waals surface area contributed by atoms with Crippen LogP contribution in [0.5, 0.6) is 11.5 Å². The van der Waals surface area contributed by atoms with E-state index in [1.807, 2.05) is 30.3 Å². The summed E-state index contributed by atoms with van der Waals surface area (Å²) in [5, 5.41) is 9.13. The second kappa shape index (κ2) is 10.9. The van der Waals surface area contributed by atoms with E-state index in [0.717, 1.165) is 5.56 Å². The highest BCUT2D eigenvalue weighted by Crippen LogP contribution is 2.25. The van der Waals surface area contributed by atoms with Gasteiger partial charge in [-0.25, -0.2) is 9.18 Å². The lowest BCUT2D eigenvalue weighted by Gasteiger charge is -2.23. The Bertz CT molecular complexity index is 816. The number of carbonyl (C=O) groups is 2. The highest BCUT2D eigenvalue weighted by atomic mass is 19.1. The molecule has 0 saturated carbocycles. The molecule has 2 aromatic rings. The van der Waals surface area contributed by atoms with Gasteiger partial charge in [-0.1, -0.05) is 43.7 Å². The predicted octanol–water partition coefficient (Wildman–Crippen LogP) is 3.82. The van der Waals surface area contributed by atoms with E-state index < -0.39 is 18.3 Å². The molecular weight excluding hydrogens is 379 g/mol. The van der Waals surface area contributed by atoms with Gasteiger partial charge in [0.1, 0.15) is 24.7 Å². The Morgan fingerprint density at radius 3 is 2.52 bits per heavy atom. The van der Waals surface area contributed by atoms with Gasteiger partial charge in [-0.2, -0.15) is 0 Å². The molecule has 0 aliphatic heterocycles. The zero-order valence-electron chi connectivity index (χ0n) is 16.2. The normalized spacial score (nSPS) is 11.5. The standard InChI is InChI=1S/C21H25FN2O5/c1-2-6-19(22)24(21(26)27)11-12-28-16-9-10-18(17(13-16)20(23)25)29-14-15-7-4-3-5-8-15/h3-5,7-10,13,19H,2,6,11-12,14H2,1H3,(H2,23,25)(H,26,27). The molecule has 0 bridgehead atoms. The van der Waals surface area contributed by atoms with Crippen molar-refractivity contribution in [2.75, 3.05) is 13.2 Å². The van der Waals surface area contributed by atoms with Crippen LogP contribution in [0.1, 0.15) is 35.7 Å². The number of carboxylic acid groups (broad SMARTS) is 1. The van der Waals surface area contributed by atoms with Crippen LogP contribution in [0.4, 0.5) is 9.18 Å². The first-order valence-corrected chi connectivity index (χ1v) is 9.29. The quantitative estimate of drug-likeness (QED) is 0.555. The van der Waals surface area contributed by atoms with Gasteiger partial charge < -0.3 is 20.3 Å². The van der Waals surface area contributed by atoms with Gasteiger partial charge in [0.25, 0.3) is 5.91 Å². The van der Waals surface area contributed by atoms with E-state index in [2.05, 4.69) is 0 Å². The number of rotatable bonds is 11. The number of halogens is 1. The Hall–Kier alpha value is -3.29. The Morgan fingerprint density at radius 2 is 1.90 bits per heavy atom. The number of carbonyl (C=O) groups excluding carboxylic acids is 1. The first-order valence-electron chi connectivity index (χ1n) is 9.29. The zero-order chi connectivity index (χ0) is 21.2. The van der Waals surface area contributed by atoms with Gasteiger partial charge in [0.15, 0.2) is 6.30 Å². The molecule has 1 atom stereocenters. The third-order valence-electron chi connectivity index (χ3n) is 4.17. The molecule has 0 radical (unpaired) electrons. The van der Waals surface area contributed by atoms with Crippen LogP contribution in [0.15, 0.2) is 48.5 Å². The van der Waals surface area contributed by atoms with Crippen LogP contribution in [0.25, 0.3) is 0 Å². The van der Waals surface area contributed by atoms with Crippen LogP contribution in [-0.4, -0.2) is 41.5 Å². The van der Waals surface area contributed by atoms with Crippen LogP contribution in [0.3, 0.4) is 0 Å². The van der Waals surface area contributed by atoms with Gasteiger partial charge in [-0.3, -0.25) is 9.69 Å². The van der Waals surface area contributed by atoms with Crippen molar-refractivity contribution in [1.82, 2.24) is 4.90 Å². The molecule has 3 N–H and O–H groups in total. The molecule has 1 unspecified atom stereocenters. The molecule has 0 heterocycles. The maximum absolute atomic E-state index is 13.9. The third-order valence-corrected chi connectivity index (χ3v) is 4.17. The van der Waals surface area contributed by atoms with Crippen molar-refractivity contribution in [2.24, 2.45) is 5.73 Å². The number of nitrogens with zero attached hydrogens (tertiary/aromatic N) is 1. The van der Waals surface area contributed by atoms with Gasteiger partial charge in [-0.05, 0) is 30.2 Å². The van der Waals surface area contributed by atoms with Crippen LogP contribution < -0.4 is 15.2 Å². The minimum absolute atomic E-state index is 0.0706. The van der Waals surface area contributed by atoms with Crippen molar-refractivity contribution in [2.45, 2.75) is 32.7 Å². The number of alkyl halides is 1. The monoisotopic (exact) mass is 404 g/mol. The topological polar surface area (TPSA) is 102 Å². The summed E-state index contributed by atoms with van der Waals surface area (Å²) in [5.74, 6) is -0.0628. The molecule has 0 aromatic heterocycles. The number of primary amides is 1. The highest BCUT2D eigenvalue weighted by molar-refractivity contribution is 5.96. The van der Waals surface area contributed by atoms with Crippen molar-refractivity contribution >= 4 is 12.0 Å². The molecule has 0 aliphatic carbocycles. The van der Waals surface area contributed by atoms with Crippen molar-refractivity contribution < 1.29 is 28.6 Å². The molecule has 2 aromatic carbocycles. The van der Waals surface area contributed by atoms with E-state index in [-0.39, 0.29) is 31.7 Å². The molecule has 0 saturated heterocycles. The number of ether oxygens (including phenoxy) is 2. The smallest absolute Gasteiger partial charge is 0.409 e. The Kier molecular flexibility index (Phi) is 8.27. The number of nitrogens with two attached hydrogens (primary N) is 1. The van der Waals surface area contributed by atoms with E-state index >= 15 is 0 Å². The molecule has 156 valence electrons. The van der Waals surface area contributed by atoms with Crippen LogP contribution >= 0.6 is 0 Å². The van der Waals surface area contributed by atoms with Crippen LogP contribution in [0, 0.1) is 0 Å². The fourth-order valence-electron chi connectivity index (χ4n) is 2.66. The van der Waals surface area contributed by atoms with E-state index in [9.17, 15) is 14.0 Å². The van der Waals surface area contributed by atoms with Gasteiger partial charge in [0, 0.05) is 0 Å². The number of hydrogen-bond acceptors (Lipinski definition) is 4. The van der Waals surface area contributed by atoms with Crippen molar-refractivity contribution in [3.63, 3.8) is 0 Å². The number of amides is 2. The second-order valence-electron chi connectivity index (χ2n) is 6.34. The summed E-state index contributed by atoms with van der Waals surface area (Å²) in [6, 6.07) is 14.0. The lowest BCUT2D eigenvalue weighted by Crippen LogP contribution is -2.39. The van der Waals surface area contributed by atoms with Crippen molar-refractivity contribution in [3.05, 3.63) is 59.7 Å². The van der Waals surface area contributed by atoms with E-state index in [0.29, 0.717) is 22.8 Å². The zero-order valence-corrected chi connectivity index (χ0v) is 16.2. The summed E-state index contributed by atoms with van der Waals surface area (Å²) in [6.45, 7) is 1.83. The molecule has 29 heavy (non-hydrogen) atoms. The largest absolute Gasteiger partial charge is 0.492 e. The molecule has 8 heteroatoms. The summed E-state index contributed by atoms with van der Waals surface area (Å²) in [6.07, 6.45) is -2.29. The average Bonchev–Trinajstić information content (AvgIpc) is 2.70. The van der Waals surface area contributed by atoms with Gasteiger partial charge in [0.05, 0.1) is 12.1 Å². The minimum Gasteiger partial charge on any atom is -0.492 e. The molecule has 0 fully saturated rings. The summed E-state index contributed by atoms with van der Waals surface area (Å²) < 4.78 is 25.1. The van der Waals surface area contributed by atoms with Crippen LogP contribution in [-0.2, 0) is 6.61 Å². The number of hydrogen-bond donors (Lipinski definition) is 2. The van der Waals surface area contributed by atoms with Gasteiger partial charge in [-0.15, -0.1) is 0 Å². The Balaban J connectivity index is 2.00. The molecule has 0 spiro atoms.